The first-order chi connectivity index (χ1) is 7.70. The molecule has 0 saturated carbocycles. The summed E-state index contributed by atoms with van der Waals surface area (Å²) in [6, 6.07) is 8.00. The maximum Gasteiger partial charge on any atom is 0.209 e. The van der Waals surface area contributed by atoms with Crippen molar-refractivity contribution in [2.24, 2.45) is 0 Å². The van der Waals surface area contributed by atoms with Crippen molar-refractivity contribution in [3.8, 4) is 0 Å². The van der Waals surface area contributed by atoms with Gasteiger partial charge in [0.1, 0.15) is 0 Å². The number of rotatable bonds is 3. The lowest BCUT2D eigenvalue weighted by Gasteiger charge is -2.26. The summed E-state index contributed by atoms with van der Waals surface area (Å²) in [4.78, 5) is 0. The van der Waals surface area contributed by atoms with Gasteiger partial charge in [-0.2, -0.15) is 0 Å². The molecule has 0 N–H and O–H groups in total. The maximum absolute atomic E-state index is 5.97. The normalized spacial score (nSPS) is 29.6. The molecule has 0 unspecified atom stereocenters. The Morgan fingerprint density at radius 1 is 1.31 bits per heavy atom. The van der Waals surface area contributed by atoms with Gasteiger partial charge in [0.2, 0.25) is 5.79 Å². The van der Waals surface area contributed by atoms with Crippen molar-refractivity contribution in [1.82, 2.24) is 0 Å². The van der Waals surface area contributed by atoms with E-state index in [2.05, 4.69) is 0 Å². The van der Waals surface area contributed by atoms with Crippen LogP contribution in [0.3, 0.4) is 0 Å². The lowest BCUT2D eigenvalue weighted by atomic mass is 10.1. The predicted octanol–water partition coefficient (Wildman–Crippen LogP) is 3.04. The standard InChI is InChI=1S/C12H14Cl2O2/c1-9-2-4-10(5-3-9)12(8-14)15-7-11(6-13)16-12/h2-5,11H,6-8H2,1H3/t11-,12+/m1/s1. The molecule has 0 amide bonds. The third-order valence-corrected chi connectivity index (χ3v) is 3.39. The molecule has 0 spiro atoms. The van der Waals surface area contributed by atoms with E-state index in [1.165, 1.54) is 5.56 Å². The molecule has 2 nitrogen and oxygen atoms in total. The third-order valence-electron chi connectivity index (χ3n) is 2.70. The number of benzene rings is 1. The topological polar surface area (TPSA) is 18.5 Å². The number of hydrogen-bond donors (Lipinski definition) is 0. The van der Waals surface area contributed by atoms with E-state index < -0.39 is 5.79 Å². The van der Waals surface area contributed by atoms with E-state index in [-0.39, 0.29) is 12.0 Å². The van der Waals surface area contributed by atoms with Crippen molar-refractivity contribution in [2.75, 3.05) is 18.4 Å². The molecule has 0 radical (unpaired) electrons. The van der Waals surface area contributed by atoms with Gasteiger partial charge in [-0.3, -0.25) is 0 Å². The predicted molar refractivity (Wildman–Crippen MR) is 65.1 cm³/mol. The molecule has 1 aromatic rings. The van der Waals surface area contributed by atoms with Crippen LogP contribution in [-0.2, 0) is 15.3 Å². The molecule has 0 aliphatic carbocycles. The molecule has 88 valence electrons. The van der Waals surface area contributed by atoms with Crippen LogP contribution in [0.15, 0.2) is 24.3 Å². The highest BCUT2D eigenvalue weighted by Gasteiger charge is 2.42. The second-order valence-electron chi connectivity index (χ2n) is 3.96. The molecule has 1 aliphatic heterocycles. The van der Waals surface area contributed by atoms with Crippen molar-refractivity contribution < 1.29 is 9.47 Å². The summed E-state index contributed by atoms with van der Waals surface area (Å²) < 4.78 is 11.5. The van der Waals surface area contributed by atoms with Crippen molar-refractivity contribution in [1.29, 1.82) is 0 Å². The Bertz CT molecular complexity index is 353. The largest absolute Gasteiger partial charge is 0.342 e. The van der Waals surface area contributed by atoms with Crippen LogP contribution >= 0.6 is 23.2 Å². The third kappa shape index (κ3) is 2.21. The van der Waals surface area contributed by atoms with Crippen LogP contribution in [0.2, 0.25) is 0 Å². The van der Waals surface area contributed by atoms with Crippen molar-refractivity contribution in [3.63, 3.8) is 0 Å². The molecular formula is C12H14Cl2O2. The molecule has 1 heterocycles. The molecular weight excluding hydrogens is 247 g/mol. The van der Waals surface area contributed by atoms with Gasteiger partial charge in [-0.15, -0.1) is 23.2 Å². The summed E-state index contributed by atoms with van der Waals surface area (Å²) in [5.74, 6) is -0.136. The molecule has 16 heavy (non-hydrogen) atoms. The fraction of sp³-hybridized carbons (Fsp3) is 0.500. The van der Waals surface area contributed by atoms with E-state index in [4.69, 9.17) is 32.7 Å². The molecule has 1 fully saturated rings. The zero-order chi connectivity index (χ0) is 11.6. The SMILES string of the molecule is Cc1ccc([C@@]2(CCl)OC[C@@H](CCl)O2)cc1. The van der Waals surface area contributed by atoms with Crippen LogP contribution in [0, 0.1) is 6.92 Å². The number of hydrogen-bond acceptors (Lipinski definition) is 2. The number of aryl methyl sites for hydroxylation is 1. The molecule has 1 aliphatic rings. The summed E-state index contributed by atoms with van der Waals surface area (Å²) in [7, 11) is 0. The minimum Gasteiger partial charge on any atom is -0.342 e. The van der Waals surface area contributed by atoms with Crippen LogP contribution < -0.4 is 0 Å². The van der Waals surface area contributed by atoms with Gasteiger partial charge >= 0.3 is 0 Å². The van der Waals surface area contributed by atoms with E-state index in [1.807, 2.05) is 31.2 Å². The highest BCUT2D eigenvalue weighted by molar-refractivity contribution is 6.18. The fourth-order valence-electron chi connectivity index (χ4n) is 1.75. The van der Waals surface area contributed by atoms with Gasteiger partial charge in [-0.05, 0) is 6.92 Å². The lowest BCUT2D eigenvalue weighted by Crippen LogP contribution is -2.30. The van der Waals surface area contributed by atoms with Gasteiger partial charge in [-0.1, -0.05) is 29.8 Å². The Kier molecular flexibility index (Phi) is 3.75. The Balaban J connectivity index is 2.25. The average molecular weight is 261 g/mol. The Morgan fingerprint density at radius 2 is 2.00 bits per heavy atom. The first-order valence-electron chi connectivity index (χ1n) is 5.21. The zero-order valence-electron chi connectivity index (χ0n) is 9.08. The lowest BCUT2D eigenvalue weighted by molar-refractivity contribution is -0.156. The fourth-order valence-corrected chi connectivity index (χ4v) is 2.19. The van der Waals surface area contributed by atoms with E-state index in [1.54, 1.807) is 0 Å². The Morgan fingerprint density at radius 3 is 2.50 bits per heavy atom. The molecule has 2 atom stereocenters. The quantitative estimate of drug-likeness (QED) is 0.778. The number of halogens is 2. The minimum atomic E-state index is -0.825. The van der Waals surface area contributed by atoms with E-state index in [9.17, 15) is 0 Å². The molecule has 1 saturated heterocycles. The summed E-state index contributed by atoms with van der Waals surface area (Å²) in [6.45, 7) is 2.53. The number of alkyl halides is 2. The monoisotopic (exact) mass is 260 g/mol. The first-order valence-corrected chi connectivity index (χ1v) is 6.28. The molecule has 0 bridgehead atoms. The first kappa shape index (κ1) is 12.2. The smallest absolute Gasteiger partial charge is 0.209 e. The summed E-state index contributed by atoms with van der Waals surface area (Å²) in [6.07, 6.45) is -0.0817. The van der Waals surface area contributed by atoms with Gasteiger partial charge in [0.05, 0.1) is 24.5 Å². The van der Waals surface area contributed by atoms with Crippen LogP contribution in [0.1, 0.15) is 11.1 Å². The van der Waals surface area contributed by atoms with Crippen molar-refractivity contribution in [3.05, 3.63) is 35.4 Å². The van der Waals surface area contributed by atoms with Crippen LogP contribution in [0.25, 0.3) is 0 Å². The van der Waals surface area contributed by atoms with Gasteiger partial charge in [0.25, 0.3) is 0 Å². The van der Waals surface area contributed by atoms with Crippen LogP contribution in [-0.4, -0.2) is 24.5 Å². The van der Waals surface area contributed by atoms with E-state index in [0.717, 1.165) is 5.56 Å². The van der Waals surface area contributed by atoms with Crippen molar-refractivity contribution in [2.45, 2.75) is 18.8 Å². The maximum atomic E-state index is 5.97. The van der Waals surface area contributed by atoms with Gasteiger partial charge in [0, 0.05) is 5.56 Å². The summed E-state index contributed by atoms with van der Waals surface area (Å²) in [5.41, 5.74) is 2.14. The highest BCUT2D eigenvalue weighted by atomic mass is 35.5. The summed E-state index contributed by atoms with van der Waals surface area (Å²) >= 11 is 11.7. The van der Waals surface area contributed by atoms with Gasteiger partial charge in [0.15, 0.2) is 0 Å². The minimum absolute atomic E-state index is 0.0817. The Hall–Kier alpha value is -0.280. The van der Waals surface area contributed by atoms with Crippen LogP contribution in [0.4, 0.5) is 0 Å². The second kappa shape index (κ2) is 4.92. The molecule has 0 aromatic heterocycles. The van der Waals surface area contributed by atoms with E-state index >= 15 is 0 Å². The molecule has 1 aromatic carbocycles. The van der Waals surface area contributed by atoms with Crippen LogP contribution in [0.5, 0.6) is 0 Å². The zero-order valence-corrected chi connectivity index (χ0v) is 10.6. The molecule has 4 heteroatoms. The van der Waals surface area contributed by atoms with E-state index in [0.29, 0.717) is 12.5 Å². The second-order valence-corrected chi connectivity index (χ2v) is 4.53. The average Bonchev–Trinajstić information content (AvgIpc) is 2.75. The van der Waals surface area contributed by atoms with Crippen molar-refractivity contribution >= 4 is 23.2 Å². The summed E-state index contributed by atoms with van der Waals surface area (Å²) in [5, 5.41) is 0. The number of ether oxygens (including phenoxy) is 2. The van der Waals surface area contributed by atoms with Gasteiger partial charge in [-0.25, -0.2) is 0 Å². The Labute approximate surface area is 105 Å². The highest BCUT2D eigenvalue weighted by Crippen LogP contribution is 2.35. The molecule has 2 rings (SSSR count). The van der Waals surface area contributed by atoms with Gasteiger partial charge < -0.3 is 9.47 Å².